The van der Waals surface area contributed by atoms with Crippen molar-refractivity contribution < 1.29 is 31.9 Å². The van der Waals surface area contributed by atoms with Gasteiger partial charge >= 0.3 is 12.1 Å². The van der Waals surface area contributed by atoms with Gasteiger partial charge in [0.25, 0.3) is 0 Å². The maximum Gasteiger partial charge on any atom is 0.416 e. The molecule has 1 fully saturated rings. The predicted octanol–water partition coefficient (Wildman–Crippen LogP) is 5.78. The normalized spacial score (nSPS) is 16.8. The van der Waals surface area contributed by atoms with E-state index in [1.807, 2.05) is 24.3 Å². The predicted molar refractivity (Wildman–Crippen MR) is 123 cm³/mol. The lowest BCUT2D eigenvalue weighted by molar-refractivity contribution is -0.148. The lowest BCUT2D eigenvalue weighted by atomic mass is 10.0. The zero-order valence-corrected chi connectivity index (χ0v) is 19.6. The van der Waals surface area contributed by atoms with E-state index in [9.17, 15) is 18.0 Å². The molecule has 2 aromatic carbocycles. The number of oxazole rings is 1. The zero-order valence-electron chi connectivity index (χ0n) is 19.6. The number of ether oxygens (including phenoxy) is 2. The van der Waals surface area contributed by atoms with Crippen molar-refractivity contribution in [2.75, 3.05) is 13.7 Å². The molecule has 6 nitrogen and oxygen atoms in total. The number of aromatic nitrogens is 1. The minimum atomic E-state index is -4.40. The van der Waals surface area contributed by atoms with Crippen LogP contribution in [0.5, 0.6) is 5.75 Å². The molecule has 0 spiro atoms. The Balaban J connectivity index is 1.41. The van der Waals surface area contributed by atoms with Gasteiger partial charge in [0.05, 0.1) is 12.7 Å². The van der Waals surface area contributed by atoms with Gasteiger partial charge in [0, 0.05) is 12.1 Å². The summed E-state index contributed by atoms with van der Waals surface area (Å²) in [6, 6.07) is 12.1. The number of benzene rings is 2. The van der Waals surface area contributed by atoms with Gasteiger partial charge in [-0.15, -0.1) is 0 Å². The summed E-state index contributed by atoms with van der Waals surface area (Å²) >= 11 is 0. The van der Waals surface area contributed by atoms with E-state index in [2.05, 4.69) is 9.88 Å². The van der Waals surface area contributed by atoms with Gasteiger partial charge in [0.1, 0.15) is 29.9 Å². The molecule has 35 heavy (non-hydrogen) atoms. The maximum absolute atomic E-state index is 12.8. The lowest BCUT2D eigenvalue weighted by Gasteiger charge is -2.33. The summed E-state index contributed by atoms with van der Waals surface area (Å²) in [5.74, 6) is 1.21. The standard InChI is InChI=1S/C26H27F3N2O4/c1-17-22(30-24(35-17)19-9-11-20(12-10-19)26(27,28)29)16-34-21-7-5-6-18(14-21)15-31-13-4-3-8-23(31)25(32)33-2/h5-7,9-12,14,23H,3-4,8,13,15-16H2,1-2H3/t23-/m1/s1. The van der Waals surface area contributed by atoms with Crippen LogP contribution in [0.1, 0.15) is 41.8 Å². The third-order valence-electron chi connectivity index (χ3n) is 6.10. The fourth-order valence-corrected chi connectivity index (χ4v) is 4.19. The van der Waals surface area contributed by atoms with Crippen molar-refractivity contribution in [3.63, 3.8) is 0 Å². The Kier molecular flexibility index (Phi) is 7.45. The Bertz CT molecular complexity index is 1160. The van der Waals surface area contributed by atoms with Gasteiger partial charge in [0.15, 0.2) is 0 Å². The highest BCUT2D eigenvalue weighted by atomic mass is 19.4. The number of aryl methyl sites for hydroxylation is 1. The fourth-order valence-electron chi connectivity index (χ4n) is 4.19. The molecule has 1 atom stereocenters. The second-order valence-corrected chi connectivity index (χ2v) is 8.54. The number of halogens is 3. The van der Waals surface area contributed by atoms with Gasteiger partial charge in [-0.1, -0.05) is 18.6 Å². The number of hydrogen-bond acceptors (Lipinski definition) is 6. The van der Waals surface area contributed by atoms with Crippen LogP contribution in [0.25, 0.3) is 11.5 Å². The molecule has 0 radical (unpaired) electrons. The molecule has 1 aliphatic rings. The molecule has 0 amide bonds. The van der Waals surface area contributed by atoms with Crippen LogP contribution >= 0.6 is 0 Å². The molecule has 0 saturated carbocycles. The van der Waals surface area contributed by atoms with Crippen LogP contribution in [-0.2, 0) is 28.9 Å². The van der Waals surface area contributed by atoms with E-state index < -0.39 is 11.7 Å². The van der Waals surface area contributed by atoms with Gasteiger partial charge < -0.3 is 13.9 Å². The largest absolute Gasteiger partial charge is 0.487 e. The molecular weight excluding hydrogens is 461 g/mol. The third kappa shape index (κ3) is 6.03. The van der Waals surface area contributed by atoms with Crippen molar-refractivity contribution in [2.24, 2.45) is 0 Å². The van der Waals surface area contributed by atoms with E-state index in [4.69, 9.17) is 13.9 Å². The topological polar surface area (TPSA) is 64.8 Å². The Morgan fingerprint density at radius 3 is 2.66 bits per heavy atom. The van der Waals surface area contributed by atoms with E-state index >= 15 is 0 Å². The van der Waals surface area contributed by atoms with Gasteiger partial charge in [-0.2, -0.15) is 13.2 Å². The quantitative estimate of drug-likeness (QED) is 0.393. The first-order valence-electron chi connectivity index (χ1n) is 11.4. The lowest BCUT2D eigenvalue weighted by Crippen LogP contribution is -2.44. The van der Waals surface area contributed by atoms with Crippen molar-refractivity contribution in [1.82, 2.24) is 9.88 Å². The molecule has 1 aliphatic heterocycles. The molecular formula is C26H27F3N2O4. The number of nitrogens with zero attached hydrogens (tertiary/aromatic N) is 2. The van der Waals surface area contributed by atoms with Crippen LogP contribution in [0.2, 0.25) is 0 Å². The van der Waals surface area contributed by atoms with Gasteiger partial charge in [-0.05, 0) is 68.3 Å². The second-order valence-electron chi connectivity index (χ2n) is 8.54. The second kappa shape index (κ2) is 10.5. The van der Waals surface area contributed by atoms with Crippen molar-refractivity contribution in [1.29, 1.82) is 0 Å². The molecule has 2 heterocycles. The van der Waals surface area contributed by atoms with E-state index in [0.717, 1.165) is 43.5 Å². The molecule has 0 N–H and O–H groups in total. The number of methoxy groups -OCH3 is 1. The summed E-state index contributed by atoms with van der Waals surface area (Å²) in [5.41, 5.74) is 1.30. The highest BCUT2D eigenvalue weighted by Gasteiger charge is 2.30. The van der Waals surface area contributed by atoms with Crippen molar-refractivity contribution in [2.45, 2.75) is 51.6 Å². The number of hydrogen-bond donors (Lipinski definition) is 0. The summed E-state index contributed by atoms with van der Waals surface area (Å²) in [6.45, 7) is 3.32. The van der Waals surface area contributed by atoms with Crippen LogP contribution in [0, 0.1) is 6.92 Å². The number of rotatable bonds is 7. The van der Waals surface area contributed by atoms with E-state index in [1.165, 1.54) is 19.2 Å². The fraction of sp³-hybridized carbons (Fsp3) is 0.385. The van der Waals surface area contributed by atoms with Crippen LogP contribution in [-0.4, -0.2) is 35.5 Å². The first-order valence-corrected chi connectivity index (χ1v) is 11.4. The smallest absolute Gasteiger partial charge is 0.416 e. The summed E-state index contributed by atoms with van der Waals surface area (Å²) in [7, 11) is 1.42. The number of carbonyl (C=O) groups excluding carboxylic acids is 1. The Morgan fingerprint density at radius 2 is 1.94 bits per heavy atom. The molecule has 1 saturated heterocycles. The van der Waals surface area contributed by atoms with Crippen molar-refractivity contribution >= 4 is 5.97 Å². The van der Waals surface area contributed by atoms with E-state index in [1.54, 1.807) is 6.92 Å². The molecule has 9 heteroatoms. The monoisotopic (exact) mass is 488 g/mol. The zero-order chi connectivity index (χ0) is 25.0. The minimum Gasteiger partial charge on any atom is -0.487 e. The van der Waals surface area contributed by atoms with E-state index in [0.29, 0.717) is 29.3 Å². The van der Waals surface area contributed by atoms with Gasteiger partial charge in [-0.25, -0.2) is 4.98 Å². The van der Waals surface area contributed by atoms with Crippen LogP contribution in [0.3, 0.4) is 0 Å². The average Bonchev–Trinajstić information content (AvgIpc) is 3.23. The first kappa shape index (κ1) is 24.8. The average molecular weight is 489 g/mol. The number of esters is 1. The minimum absolute atomic E-state index is 0.147. The number of piperidine rings is 1. The molecule has 0 aliphatic carbocycles. The third-order valence-corrected chi connectivity index (χ3v) is 6.10. The highest BCUT2D eigenvalue weighted by Crippen LogP contribution is 2.31. The summed E-state index contributed by atoms with van der Waals surface area (Å²) in [4.78, 5) is 18.7. The Labute approximate surface area is 201 Å². The molecule has 3 aromatic rings. The Hall–Kier alpha value is -3.33. The Morgan fingerprint density at radius 1 is 1.17 bits per heavy atom. The molecule has 0 unspecified atom stereocenters. The highest BCUT2D eigenvalue weighted by molar-refractivity contribution is 5.75. The number of carbonyl (C=O) groups is 1. The van der Waals surface area contributed by atoms with Crippen molar-refractivity contribution in [3.05, 3.63) is 71.1 Å². The number of alkyl halides is 3. The van der Waals surface area contributed by atoms with Crippen molar-refractivity contribution in [3.8, 4) is 17.2 Å². The SMILES string of the molecule is COC(=O)[C@H]1CCCCN1Cc1cccc(OCc2nc(-c3ccc(C(F)(F)F)cc3)oc2C)c1. The van der Waals surface area contributed by atoms with Crippen LogP contribution < -0.4 is 4.74 Å². The summed E-state index contributed by atoms with van der Waals surface area (Å²) in [5, 5.41) is 0. The maximum atomic E-state index is 12.8. The van der Waals surface area contributed by atoms with Crippen LogP contribution in [0.4, 0.5) is 13.2 Å². The summed E-state index contributed by atoms with van der Waals surface area (Å²) in [6.07, 6.45) is -1.57. The molecule has 0 bridgehead atoms. The number of likely N-dealkylation sites (tertiary alicyclic amines) is 1. The van der Waals surface area contributed by atoms with Gasteiger partial charge in [-0.3, -0.25) is 9.69 Å². The first-order chi connectivity index (χ1) is 16.7. The molecule has 4 rings (SSSR count). The molecule has 186 valence electrons. The van der Waals surface area contributed by atoms with Gasteiger partial charge in [0.2, 0.25) is 5.89 Å². The summed E-state index contributed by atoms with van der Waals surface area (Å²) < 4.78 is 55.0. The van der Waals surface area contributed by atoms with Crippen LogP contribution in [0.15, 0.2) is 52.9 Å². The molecule has 1 aromatic heterocycles. The van der Waals surface area contributed by atoms with E-state index in [-0.39, 0.29) is 24.5 Å².